The Balaban J connectivity index is 2.97. The summed E-state index contributed by atoms with van der Waals surface area (Å²) in [5.74, 6) is 0.230. The SMILES string of the molecule is Oc1sc2cccc(O)c2c1I. The molecule has 0 aliphatic heterocycles. The number of phenols is 1. The number of benzene rings is 1. The van der Waals surface area contributed by atoms with Crippen LogP contribution in [0.1, 0.15) is 0 Å². The van der Waals surface area contributed by atoms with Crippen molar-refractivity contribution in [1.82, 2.24) is 0 Å². The van der Waals surface area contributed by atoms with Gasteiger partial charge in [-0.15, -0.1) is 0 Å². The summed E-state index contributed by atoms with van der Waals surface area (Å²) < 4.78 is 1.64. The zero-order valence-electron chi connectivity index (χ0n) is 5.91. The standard InChI is InChI=1S/C8H5IO2S/c9-7-6-4(10)2-1-3-5(6)12-8(7)11/h1-3,10-11H. The summed E-state index contributed by atoms with van der Waals surface area (Å²) >= 11 is 3.30. The number of rotatable bonds is 0. The molecule has 2 rings (SSSR count). The molecule has 2 aromatic rings. The second-order valence-corrected chi connectivity index (χ2v) is 4.48. The number of phenolic OH excluding ortho intramolecular Hbond substituents is 1. The minimum Gasteiger partial charge on any atom is -0.507 e. The fourth-order valence-corrected chi connectivity index (χ4v) is 3.02. The first-order valence-corrected chi connectivity index (χ1v) is 5.18. The number of aromatic hydroxyl groups is 2. The van der Waals surface area contributed by atoms with Gasteiger partial charge in [0.2, 0.25) is 0 Å². The van der Waals surface area contributed by atoms with Gasteiger partial charge in [0.25, 0.3) is 0 Å². The lowest BCUT2D eigenvalue weighted by atomic mass is 10.2. The fourth-order valence-electron chi connectivity index (χ4n) is 1.08. The summed E-state index contributed by atoms with van der Waals surface area (Å²) in [6, 6.07) is 5.27. The van der Waals surface area contributed by atoms with Crippen LogP contribution in [0.5, 0.6) is 10.8 Å². The van der Waals surface area contributed by atoms with Crippen LogP contribution in [-0.2, 0) is 0 Å². The van der Waals surface area contributed by atoms with E-state index in [1.807, 2.05) is 28.7 Å². The third-order valence-electron chi connectivity index (χ3n) is 1.62. The van der Waals surface area contributed by atoms with Crippen molar-refractivity contribution in [1.29, 1.82) is 0 Å². The largest absolute Gasteiger partial charge is 0.507 e. The van der Waals surface area contributed by atoms with E-state index in [4.69, 9.17) is 0 Å². The van der Waals surface area contributed by atoms with Gasteiger partial charge in [0.1, 0.15) is 5.75 Å². The van der Waals surface area contributed by atoms with Gasteiger partial charge in [-0.3, -0.25) is 0 Å². The lowest BCUT2D eigenvalue weighted by Crippen LogP contribution is -1.68. The van der Waals surface area contributed by atoms with Gasteiger partial charge < -0.3 is 10.2 Å². The van der Waals surface area contributed by atoms with Gasteiger partial charge >= 0.3 is 0 Å². The molecule has 2 nitrogen and oxygen atoms in total. The Morgan fingerprint density at radius 3 is 2.67 bits per heavy atom. The van der Waals surface area contributed by atoms with E-state index in [1.54, 1.807) is 12.1 Å². The maximum absolute atomic E-state index is 9.46. The Morgan fingerprint density at radius 2 is 2.00 bits per heavy atom. The van der Waals surface area contributed by atoms with Crippen molar-refractivity contribution in [2.24, 2.45) is 0 Å². The number of hydrogen-bond acceptors (Lipinski definition) is 3. The summed E-state index contributed by atoms with van der Waals surface area (Å²) in [6.45, 7) is 0. The van der Waals surface area contributed by atoms with Gasteiger partial charge in [0.15, 0.2) is 5.06 Å². The highest BCUT2D eigenvalue weighted by molar-refractivity contribution is 14.1. The Hall–Kier alpha value is -0.490. The second kappa shape index (κ2) is 2.77. The Labute approximate surface area is 86.6 Å². The topological polar surface area (TPSA) is 40.5 Å². The molecular weight excluding hydrogens is 287 g/mol. The Bertz CT molecular complexity index is 436. The van der Waals surface area contributed by atoms with Crippen LogP contribution >= 0.6 is 33.9 Å². The zero-order chi connectivity index (χ0) is 8.72. The molecule has 0 saturated carbocycles. The average Bonchev–Trinajstić information content (AvgIpc) is 2.29. The van der Waals surface area contributed by atoms with Gasteiger partial charge in [-0.05, 0) is 34.7 Å². The van der Waals surface area contributed by atoms with E-state index in [-0.39, 0.29) is 10.8 Å². The highest BCUT2D eigenvalue weighted by atomic mass is 127. The molecule has 0 unspecified atom stereocenters. The fraction of sp³-hybridized carbons (Fsp3) is 0. The molecule has 0 saturated heterocycles. The van der Waals surface area contributed by atoms with Crippen LogP contribution in [0.25, 0.3) is 10.1 Å². The molecule has 0 amide bonds. The molecule has 1 aromatic heterocycles. The maximum Gasteiger partial charge on any atom is 0.186 e. The predicted octanol–water partition coefficient (Wildman–Crippen LogP) is 2.92. The maximum atomic E-state index is 9.46. The quantitative estimate of drug-likeness (QED) is 0.733. The van der Waals surface area contributed by atoms with Crippen LogP contribution in [0, 0.1) is 3.57 Å². The predicted molar refractivity (Wildman–Crippen MR) is 57.9 cm³/mol. The molecule has 4 heteroatoms. The molecule has 2 N–H and O–H groups in total. The van der Waals surface area contributed by atoms with Crippen molar-refractivity contribution in [2.75, 3.05) is 0 Å². The molecule has 0 spiro atoms. The van der Waals surface area contributed by atoms with E-state index < -0.39 is 0 Å². The molecule has 0 atom stereocenters. The minimum absolute atomic E-state index is 0.230. The molecule has 0 aliphatic carbocycles. The average molecular weight is 292 g/mol. The van der Waals surface area contributed by atoms with E-state index in [2.05, 4.69) is 0 Å². The van der Waals surface area contributed by atoms with E-state index in [1.165, 1.54) is 11.3 Å². The van der Waals surface area contributed by atoms with Gasteiger partial charge in [0.05, 0.1) is 8.96 Å². The molecule has 1 aromatic carbocycles. The zero-order valence-corrected chi connectivity index (χ0v) is 8.89. The van der Waals surface area contributed by atoms with Gasteiger partial charge in [-0.2, -0.15) is 0 Å². The van der Waals surface area contributed by atoms with Gasteiger partial charge in [-0.25, -0.2) is 0 Å². The van der Waals surface area contributed by atoms with Crippen molar-refractivity contribution >= 4 is 44.0 Å². The lowest BCUT2D eigenvalue weighted by molar-refractivity contribution is 0.478. The third-order valence-corrected chi connectivity index (χ3v) is 3.99. The van der Waals surface area contributed by atoms with Crippen LogP contribution in [-0.4, -0.2) is 10.2 Å². The lowest BCUT2D eigenvalue weighted by Gasteiger charge is -1.93. The molecule has 0 aliphatic rings. The van der Waals surface area contributed by atoms with Crippen molar-refractivity contribution in [3.05, 3.63) is 21.8 Å². The van der Waals surface area contributed by atoms with E-state index in [9.17, 15) is 10.2 Å². The summed E-state index contributed by atoms with van der Waals surface area (Å²) in [7, 11) is 0. The van der Waals surface area contributed by atoms with E-state index in [0.29, 0.717) is 0 Å². The number of hydrogen-bond donors (Lipinski definition) is 2. The van der Waals surface area contributed by atoms with Crippen LogP contribution in [0.15, 0.2) is 18.2 Å². The highest BCUT2D eigenvalue weighted by Gasteiger charge is 2.10. The van der Waals surface area contributed by atoms with Gasteiger partial charge in [0, 0.05) is 4.70 Å². The van der Waals surface area contributed by atoms with Crippen molar-refractivity contribution in [2.45, 2.75) is 0 Å². The number of halogens is 1. The summed E-state index contributed by atoms with van der Waals surface area (Å²) in [5.41, 5.74) is 0. The van der Waals surface area contributed by atoms with Crippen molar-refractivity contribution in [3.63, 3.8) is 0 Å². The smallest absolute Gasteiger partial charge is 0.186 e. The third kappa shape index (κ3) is 1.06. The summed E-state index contributed by atoms with van der Waals surface area (Å²) in [6.07, 6.45) is 0. The summed E-state index contributed by atoms with van der Waals surface area (Å²) in [4.78, 5) is 0. The first-order valence-electron chi connectivity index (χ1n) is 3.29. The molecule has 62 valence electrons. The highest BCUT2D eigenvalue weighted by Crippen LogP contribution is 2.41. The Morgan fingerprint density at radius 1 is 1.25 bits per heavy atom. The number of thiophene rings is 1. The van der Waals surface area contributed by atoms with Crippen LogP contribution < -0.4 is 0 Å². The van der Waals surface area contributed by atoms with Crippen molar-refractivity contribution in [3.8, 4) is 10.8 Å². The molecular formula is C8H5IO2S. The normalized spacial score (nSPS) is 10.8. The first kappa shape index (κ1) is 8.12. The van der Waals surface area contributed by atoms with Crippen LogP contribution in [0.4, 0.5) is 0 Å². The molecule has 12 heavy (non-hydrogen) atoms. The molecule has 0 fully saturated rings. The van der Waals surface area contributed by atoms with Gasteiger partial charge in [-0.1, -0.05) is 17.4 Å². The Kier molecular flexibility index (Phi) is 1.88. The molecule has 1 heterocycles. The molecule has 0 radical (unpaired) electrons. The van der Waals surface area contributed by atoms with E-state index in [0.717, 1.165) is 13.7 Å². The van der Waals surface area contributed by atoms with E-state index >= 15 is 0 Å². The number of fused-ring (bicyclic) bond motifs is 1. The first-order chi connectivity index (χ1) is 5.70. The summed E-state index contributed by atoms with van der Waals surface area (Å²) in [5, 5.41) is 19.8. The molecule has 0 bridgehead atoms. The van der Waals surface area contributed by atoms with Crippen molar-refractivity contribution < 1.29 is 10.2 Å². The van der Waals surface area contributed by atoms with Crippen LogP contribution in [0.2, 0.25) is 0 Å². The van der Waals surface area contributed by atoms with Crippen LogP contribution in [0.3, 0.4) is 0 Å². The second-order valence-electron chi connectivity index (χ2n) is 2.37. The minimum atomic E-state index is 0.230. The monoisotopic (exact) mass is 292 g/mol.